The van der Waals surface area contributed by atoms with Gasteiger partial charge < -0.3 is 19.9 Å². The zero-order valence-electron chi connectivity index (χ0n) is 22.1. The molecule has 1 unspecified atom stereocenters. The molecule has 1 aromatic rings. The first-order valence-electron chi connectivity index (χ1n) is 14.5. The van der Waals surface area contributed by atoms with E-state index in [2.05, 4.69) is 31.7 Å². The van der Waals surface area contributed by atoms with Crippen LogP contribution in [0.5, 0.6) is 11.5 Å². The van der Waals surface area contributed by atoms with Gasteiger partial charge in [0.05, 0.1) is 5.71 Å². The average molecular weight is 520 g/mol. The maximum absolute atomic E-state index is 12.9. The third-order valence-corrected chi connectivity index (χ3v) is 11.5. The summed E-state index contributed by atoms with van der Waals surface area (Å²) < 4.78 is 13.4. The number of phenolic OH excluding ortho intramolecular Hbond substituents is 1. The number of hydrogen-bond donors (Lipinski definition) is 2. The van der Waals surface area contributed by atoms with Crippen LogP contribution in [0.2, 0.25) is 0 Å². The Labute approximate surface area is 223 Å². The van der Waals surface area contributed by atoms with Crippen LogP contribution in [0.15, 0.2) is 27.6 Å². The van der Waals surface area contributed by atoms with E-state index in [1.165, 1.54) is 30.5 Å². The summed E-state index contributed by atoms with van der Waals surface area (Å²) in [7, 11) is 1.82. The maximum atomic E-state index is 12.9. The van der Waals surface area contributed by atoms with Gasteiger partial charge in [-0.05, 0) is 80.7 Å². The summed E-state index contributed by atoms with van der Waals surface area (Å²) in [6.07, 6.45) is 8.68. The van der Waals surface area contributed by atoms with Crippen LogP contribution in [-0.4, -0.2) is 72.7 Å². The lowest BCUT2D eigenvalue weighted by molar-refractivity contribution is -0.276. The van der Waals surface area contributed by atoms with Gasteiger partial charge in [0.25, 0.3) is 0 Å². The largest absolute Gasteiger partial charge is 0.504 e. The zero-order chi connectivity index (χ0) is 25.7. The molecule has 6 atom stereocenters. The smallest absolute Gasteiger partial charge is 0.220 e. The van der Waals surface area contributed by atoms with Crippen LogP contribution in [0.25, 0.3) is 0 Å². The summed E-state index contributed by atoms with van der Waals surface area (Å²) in [5, 5.41) is 25.8. The van der Waals surface area contributed by atoms with Crippen LogP contribution in [0, 0.1) is 17.3 Å². The molecule has 4 bridgehead atoms. The number of rotatable bonds is 8. The Morgan fingerprint density at radius 3 is 2.97 bits per heavy atom. The molecule has 9 rings (SSSR count). The Bertz CT molecular complexity index is 1260. The molecule has 2 N–H and O–H groups in total. The summed E-state index contributed by atoms with van der Waals surface area (Å²) in [6, 6.07) is 4.44. The molecule has 3 heterocycles. The number of aromatic hydroxyl groups is 1. The van der Waals surface area contributed by atoms with Crippen LogP contribution in [-0.2, 0) is 21.4 Å². The third kappa shape index (κ3) is 2.89. The van der Waals surface area contributed by atoms with E-state index < -0.39 is 5.60 Å². The monoisotopic (exact) mass is 519 g/mol. The van der Waals surface area contributed by atoms with Crippen molar-refractivity contribution < 1.29 is 19.4 Å². The van der Waals surface area contributed by atoms with Crippen molar-refractivity contribution in [2.45, 2.75) is 80.9 Å². The fourth-order valence-electron chi connectivity index (χ4n) is 9.74. The van der Waals surface area contributed by atoms with Gasteiger partial charge in [0, 0.05) is 55.0 Å². The summed E-state index contributed by atoms with van der Waals surface area (Å²) >= 11 is 0. The van der Waals surface area contributed by atoms with Crippen molar-refractivity contribution in [2.24, 2.45) is 32.7 Å². The average Bonchev–Trinajstić information content (AvgIpc) is 3.43. The predicted molar refractivity (Wildman–Crippen MR) is 140 cm³/mol. The lowest BCUT2D eigenvalue weighted by Crippen LogP contribution is -2.81. The van der Waals surface area contributed by atoms with Crippen LogP contribution in [0.3, 0.4) is 0 Å². The van der Waals surface area contributed by atoms with Gasteiger partial charge in [-0.2, -0.15) is 5.11 Å². The number of ether oxygens (including phenoxy) is 2. The van der Waals surface area contributed by atoms with Gasteiger partial charge in [-0.25, -0.2) is 0 Å². The number of nitrogens with one attached hydrogen (secondary N) is 1. The van der Waals surface area contributed by atoms with Crippen molar-refractivity contribution in [3.8, 4) is 11.5 Å². The summed E-state index contributed by atoms with van der Waals surface area (Å²) in [5.74, 6) is 1.99. The number of carbonyl (C=O) groups is 1. The van der Waals surface area contributed by atoms with E-state index in [-0.39, 0.29) is 34.5 Å². The Balaban J connectivity index is 1.15. The number of hydrogen-bond acceptors (Lipinski definition) is 8. The molecule has 202 valence electrons. The summed E-state index contributed by atoms with van der Waals surface area (Å²) in [5.41, 5.74) is 2.93. The van der Waals surface area contributed by atoms with E-state index in [9.17, 15) is 9.90 Å². The molecule has 2 spiro atoms. The summed E-state index contributed by atoms with van der Waals surface area (Å²) in [4.78, 5) is 15.7. The van der Waals surface area contributed by atoms with Gasteiger partial charge in [-0.3, -0.25) is 9.69 Å². The number of likely N-dealkylation sites (tertiary alicyclic amines) is 1. The second-order valence-corrected chi connectivity index (χ2v) is 12.9. The molecule has 0 radical (unpaired) electrons. The zero-order valence-corrected chi connectivity index (χ0v) is 22.1. The van der Waals surface area contributed by atoms with E-state index in [0.29, 0.717) is 37.7 Å². The fraction of sp³-hybridized carbons (Fsp3) is 0.724. The van der Waals surface area contributed by atoms with E-state index in [1.807, 2.05) is 13.2 Å². The number of methoxy groups -OCH3 is 1. The summed E-state index contributed by atoms with van der Waals surface area (Å²) in [6.45, 7) is 3.37. The number of fused-ring (bicyclic) bond motifs is 2. The molecule has 0 aromatic heterocycles. The first kappa shape index (κ1) is 23.4. The maximum Gasteiger partial charge on any atom is 0.220 e. The van der Waals surface area contributed by atoms with E-state index >= 15 is 0 Å². The van der Waals surface area contributed by atoms with Crippen LogP contribution < -0.4 is 10.1 Å². The Morgan fingerprint density at radius 2 is 2.18 bits per heavy atom. The normalized spacial score (nSPS) is 39.6. The van der Waals surface area contributed by atoms with Crippen molar-refractivity contribution in [3.05, 3.63) is 23.3 Å². The standard InChI is InChI=1S/C29H37N5O4/c1-37-29-9-8-27(13-19(29)14-30-23(36)7-5-20-15-31-33-32-20)22-12-18-4-6-21(35)25-24(18)28(27,26(29)38-25)10-11-34(22)16-17-2-3-17/h4,6,17,19,22,26,35H,2-3,5,7-16H2,1H3,(H,30,36)/t19-,22-,26-,27-,28+,29?/m1/s1. The van der Waals surface area contributed by atoms with Crippen molar-refractivity contribution in [3.63, 3.8) is 0 Å². The highest BCUT2D eigenvalue weighted by molar-refractivity contribution is 5.90. The molecule has 9 nitrogen and oxygen atoms in total. The van der Waals surface area contributed by atoms with Gasteiger partial charge >= 0.3 is 0 Å². The number of phenols is 1. The molecule has 4 saturated carbocycles. The predicted octanol–water partition coefficient (Wildman–Crippen LogP) is 3.33. The minimum Gasteiger partial charge on any atom is -0.504 e. The second kappa shape index (κ2) is 8.01. The van der Waals surface area contributed by atoms with Crippen LogP contribution in [0.1, 0.15) is 62.5 Å². The molecule has 3 aliphatic heterocycles. The Hall–Kier alpha value is -2.52. The highest BCUT2D eigenvalue weighted by atomic mass is 16.6. The Kier molecular flexibility index (Phi) is 4.92. The van der Waals surface area contributed by atoms with Gasteiger partial charge in [0.15, 0.2) is 11.5 Å². The van der Waals surface area contributed by atoms with Gasteiger partial charge in [0.2, 0.25) is 5.91 Å². The topological polar surface area (TPSA) is 108 Å². The third-order valence-electron chi connectivity index (χ3n) is 11.5. The lowest BCUT2D eigenvalue weighted by Gasteiger charge is -2.74. The number of carbonyl (C=O) groups excluding carboxylic acids is 1. The number of nitrogens with zero attached hydrogens (tertiary/aromatic N) is 4. The molecule has 8 aliphatic rings. The molecular weight excluding hydrogens is 482 g/mol. The van der Waals surface area contributed by atoms with Crippen molar-refractivity contribution in [1.82, 2.24) is 10.2 Å². The SMILES string of the molecule is COC12CC[C@@]3(C[C@@H]1CNC(=O)CCC1=NN=NC1)[C@H]1Cc4ccc(O)c5c4[C@@]3(CCN1CC1CC1)[C@H]2O5. The number of amides is 1. The van der Waals surface area contributed by atoms with Gasteiger partial charge in [0.1, 0.15) is 18.2 Å². The fourth-order valence-corrected chi connectivity index (χ4v) is 9.74. The van der Waals surface area contributed by atoms with Crippen LogP contribution in [0.4, 0.5) is 0 Å². The van der Waals surface area contributed by atoms with Gasteiger partial charge in [-0.1, -0.05) is 6.07 Å². The first-order chi connectivity index (χ1) is 18.5. The highest BCUT2D eigenvalue weighted by Crippen LogP contribution is 2.76. The molecular formula is C29H37N5O4. The van der Waals surface area contributed by atoms with Crippen molar-refractivity contribution in [2.75, 3.05) is 33.3 Å². The van der Waals surface area contributed by atoms with E-state index in [4.69, 9.17) is 9.47 Å². The number of piperidine rings is 1. The minimum absolute atomic E-state index is 0.0364. The quantitative estimate of drug-likeness (QED) is 0.548. The highest BCUT2D eigenvalue weighted by Gasteiger charge is 2.80. The van der Waals surface area contributed by atoms with Gasteiger partial charge in [-0.15, -0.1) is 5.10 Å². The second-order valence-electron chi connectivity index (χ2n) is 12.9. The van der Waals surface area contributed by atoms with Crippen LogP contribution >= 0.6 is 0 Å². The Morgan fingerprint density at radius 1 is 1.29 bits per heavy atom. The van der Waals surface area contributed by atoms with Crippen molar-refractivity contribution in [1.29, 1.82) is 0 Å². The molecule has 38 heavy (non-hydrogen) atoms. The molecule has 1 saturated heterocycles. The lowest BCUT2D eigenvalue weighted by atomic mass is 9.35. The molecule has 5 fully saturated rings. The molecule has 1 amide bonds. The van der Waals surface area contributed by atoms with E-state index in [1.54, 1.807) is 0 Å². The van der Waals surface area contributed by atoms with E-state index in [0.717, 1.165) is 50.3 Å². The molecule has 9 heteroatoms. The number of benzene rings is 1. The molecule has 1 aromatic carbocycles. The minimum atomic E-state index is -0.494. The first-order valence-corrected chi connectivity index (χ1v) is 14.5. The molecule has 5 aliphatic carbocycles. The van der Waals surface area contributed by atoms with Crippen molar-refractivity contribution >= 4 is 11.6 Å².